The first-order valence-electron chi connectivity index (χ1n) is 7.52. The SMILES string of the molecule is CCCCCC(C)Nc1nc(NC)nc(OCCC)n1. The molecule has 1 rings (SSSR count). The standard InChI is InChI=1S/C14H27N5O/c1-5-7-8-9-11(3)16-13-17-12(15-4)18-14(19-13)20-10-6-2/h11H,5-10H2,1-4H3,(H2,15,16,17,18,19). The number of rotatable bonds is 10. The highest BCUT2D eigenvalue weighted by Crippen LogP contribution is 2.13. The minimum atomic E-state index is 0.340. The summed E-state index contributed by atoms with van der Waals surface area (Å²) in [6.45, 7) is 7.01. The molecular weight excluding hydrogens is 254 g/mol. The molecule has 0 radical (unpaired) electrons. The first-order valence-corrected chi connectivity index (χ1v) is 7.52. The highest BCUT2D eigenvalue weighted by atomic mass is 16.5. The number of unbranched alkanes of at least 4 members (excludes halogenated alkanes) is 2. The quantitative estimate of drug-likeness (QED) is 0.642. The number of hydrogen-bond acceptors (Lipinski definition) is 6. The number of nitrogens with zero attached hydrogens (tertiary/aromatic N) is 3. The molecule has 1 atom stereocenters. The molecule has 114 valence electrons. The van der Waals surface area contributed by atoms with Crippen molar-refractivity contribution in [1.82, 2.24) is 15.0 Å². The molecule has 0 fully saturated rings. The number of hydrogen-bond donors (Lipinski definition) is 2. The lowest BCUT2D eigenvalue weighted by molar-refractivity contribution is 0.292. The summed E-state index contributed by atoms with van der Waals surface area (Å²) in [6.07, 6.45) is 5.75. The fraction of sp³-hybridized carbons (Fsp3) is 0.786. The second kappa shape index (κ2) is 9.34. The predicted molar refractivity (Wildman–Crippen MR) is 82.4 cm³/mol. The smallest absolute Gasteiger partial charge is 0.323 e. The van der Waals surface area contributed by atoms with Gasteiger partial charge in [0.1, 0.15) is 0 Å². The van der Waals surface area contributed by atoms with E-state index in [1.54, 1.807) is 7.05 Å². The molecule has 1 heterocycles. The summed E-state index contributed by atoms with van der Waals surface area (Å²) in [5.41, 5.74) is 0. The van der Waals surface area contributed by atoms with Gasteiger partial charge < -0.3 is 15.4 Å². The Morgan fingerprint density at radius 2 is 1.80 bits per heavy atom. The van der Waals surface area contributed by atoms with E-state index in [9.17, 15) is 0 Å². The van der Waals surface area contributed by atoms with Gasteiger partial charge in [-0.15, -0.1) is 0 Å². The summed E-state index contributed by atoms with van der Waals surface area (Å²) in [6, 6.07) is 0.710. The zero-order valence-electron chi connectivity index (χ0n) is 13.1. The Morgan fingerprint density at radius 1 is 1.05 bits per heavy atom. The molecule has 0 amide bonds. The van der Waals surface area contributed by atoms with Crippen LogP contribution in [0.2, 0.25) is 0 Å². The van der Waals surface area contributed by atoms with Crippen LogP contribution in [0, 0.1) is 0 Å². The highest BCUT2D eigenvalue weighted by molar-refractivity contribution is 5.35. The maximum absolute atomic E-state index is 5.48. The molecule has 0 saturated heterocycles. The Morgan fingerprint density at radius 3 is 2.45 bits per heavy atom. The summed E-state index contributed by atoms with van der Waals surface area (Å²) in [5, 5.41) is 6.24. The number of ether oxygens (including phenoxy) is 1. The first-order chi connectivity index (χ1) is 9.69. The van der Waals surface area contributed by atoms with Crippen LogP contribution in [-0.4, -0.2) is 34.6 Å². The molecule has 0 spiro atoms. The van der Waals surface area contributed by atoms with Crippen LogP contribution in [0.25, 0.3) is 0 Å². The number of aromatic nitrogens is 3. The van der Waals surface area contributed by atoms with E-state index in [0.29, 0.717) is 30.6 Å². The number of anilines is 2. The zero-order chi connectivity index (χ0) is 14.8. The van der Waals surface area contributed by atoms with Crippen LogP contribution >= 0.6 is 0 Å². The molecule has 1 aromatic heterocycles. The number of nitrogens with one attached hydrogen (secondary N) is 2. The van der Waals surface area contributed by atoms with E-state index in [2.05, 4.69) is 46.4 Å². The molecule has 0 aromatic carbocycles. The summed E-state index contributed by atoms with van der Waals surface area (Å²) in [4.78, 5) is 12.8. The van der Waals surface area contributed by atoms with Crippen molar-refractivity contribution in [3.63, 3.8) is 0 Å². The van der Waals surface area contributed by atoms with Crippen LogP contribution in [0.4, 0.5) is 11.9 Å². The molecule has 0 bridgehead atoms. The lowest BCUT2D eigenvalue weighted by atomic mass is 10.1. The van der Waals surface area contributed by atoms with Crippen LogP contribution in [0.1, 0.15) is 52.9 Å². The molecule has 20 heavy (non-hydrogen) atoms. The van der Waals surface area contributed by atoms with Crippen LogP contribution in [0.5, 0.6) is 6.01 Å². The monoisotopic (exact) mass is 281 g/mol. The molecule has 1 aromatic rings. The average Bonchev–Trinajstić information content (AvgIpc) is 2.45. The summed E-state index contributed by atoms with van der Waals surface area (Å²) in [5.74, 6) is 1.09. The van der Waals surface area contributed by atoms with Gasteiger partial charge in [0.2, 0.25) is 11.9 Å². The lowest BCUT2D eigenvalue weighted by Gasteiger charge is -2.14. The van der Waals surface area contributed by atoms with Gasteiger partial charge in [0.05, 0.1) is 6.61 Å². The first kappa shape index (κ1) is 16.5. The maximum Gasteiger partial charge on any atom is 0.323 e. The fourth-order valence-electron chi connectivity index (χ4n) is 1.78. The molecule has 2 N–H and O–H groups in total. The van der Waals surface area contributed by atoms with E-state index in [0.717, 1.165) is 12.8 Å². The van der Waals surface area contributed by atoms with Gasteiger partial charge in [0, 0.05) is 13.1 Å². The van der Waals surface area contributed by atoms with Crippen LogP contribution in [0.15, 0.2) is 0 Å². The van der Waals surface area contributed by atoms with Crippen molar-refractivity contribution < 1.29 is 4.74 Å². The van der Waals surface area contributed by atoms with Crippen LogP contribution in [-0.2, 0) is 0 Å². The van der Waals surface area contributed by atoms with E-state index in [1.807, 2.05) is 0 Å². The van der Waals surface area contributed by atoms with Gasteiger partial charge in [-0.1, -0.05) is 33.1 Å². The predicted octanol–water partition coefficient (Wildman–Crippen LogP) is 3.08. The van der Waals surface area contributed by atoms with Crippen LogP contribution < -0.4 is 15.4 Å². The van der Waals surface area contributed by atoms with Gasteiger partial charge in [-0.2, -0.15) is 15.0 Å². The van der Waals surface area contributed by atoms with Gasteiger partial charge in [0.25, 0.3) is 0 Å². The molecule has 0 aliphatic heterocycles. The van der Waals surface area contributed by atoms with Gasteiger partial charge in [-0.25, -0.2) is 0 Å². The summed E-state index contributed by atoms with van der Waals surface area (Å²) >= 11 is 0. The average molecular weight is 281 g/mol. The van der Waals surface area contributed by atoms with E-state index in [-0.39, 0.29) is 0 Å². The second-order valence-electron chi connectivity index (χ2n) is 4.90. The van der Waals surface area contributed by atoms with Crippen molar-refractivity contribution in [2.75, 3.05) is 24.3 Å². The van der Waals surface area contributed by atoms with Gasteiger partial charge >= 0.3 is 6.01 Å². The van der Waals surface area contributed by atoms with Gasteiger partial charge in [0.15, 0.2) is 0 Å². The molecule has 6 heteroatoms. The Bertz CT molecular complexity index is 386. The van der Waals surface area contributed by atoms with E-state index in [1.165, 1.54) is 19.3 Å². The maximum atomic E-state index is 5.48. The third kappa shape index (κ3) is 6.04. The Hall–Kier alpha value is -1.59. The third-order valence-corrected chi connectivity index (χ3v) is 2.89. The zero-order valence-corrected chi connectivity index (χ0v) is 13.1. The molecule has 6 nitrogen and oxygen atoms in total. The van der Waals surface area contributed by atoms with E-state index < -0.39 is 0 Å². The minimum absolute atomic E-state index is 0.340. The Kier molecular flexibility index (Phi) is 7.69. The Balaban J connectivity index is 2.62. The highest BCUT2D eigenvalue weighted by Gasteiger charge is 2.09. The van der Waals surface area contributed by atoms with Gasteiger partial charge in [-0.3, -0.25) is 0 Å². The largest absolute Gasteiger partial charge is 0.463 e. The lowest BCUT2D eigenvalue weighted by Crippen LogP contribution is -2.18. The van der Waals surface area contributed by atoms with E-state index in [4.69, 9.17) is 4.74 Å². The van der Waals surface area contributed by atoms with Crippen molar-refractivity contribution in [2.45, 2.75) is 58.9 Å². The van der Waals surface area contributed by atoms with Crippen molar-refractivity contribution >= 4 is 11.9 Å². The van der Waals surface area contributed by atoms with Crippen molar-refractivity contribution in [1.29, 1.82) is 0 Å². The Labute approximate surface area is 121 Å². The summed E-state index contributed by atoms with van der Waals surface area (Å²) in [7, 11) is 1.79. The minimum Gasteiger partial charge on any atom is -0.463 e. The van der Waals surface area contributed by atoms with Gasteiger partial charge in [-0.05, 0) is 19.8 Å². The summed E-state index contributed by atoms with van der Waals surface area (Å²) < 4.78 is 5.48. The molecule has 1 unspecified atom stereocenters. The normalized spacial score (nSPS) is 12.0. The molecule has 0 saturated carbocycles. The molecule has 0 aliphatic carbocycles. The van der Waals surface area contributed by atoms with Crippen LogP contribution in [0.3, 0.4) is 0 Å². The second-order valence-corrected chi connectivity index (χ2v) is 4.90. The van der Waals surface area contributed by atoms with Crippen molar-refractivity contribution in [3.8, 4) is 6.01 Å². The van der Waals surface area contributed by atoms with Crippen molar-refractivity contribution in [2.24, 2.45) is 0 Å². The fourth-order valence-corrected chi connectivity index (χ4v) is 1.78. The van der Waals surface area contributed by atoms with E-state index >= 15 is 0 Å². The van der Waals surface area contributed by atoms with Crippen molar-refractivity contribution in [3.05, 3.63) is 0 Å². The molecular formula is C14H27N5O. The third-order valence-electron chi connectivity index (χ3n) is 2.89. The topological polar surface area (TPSA) is 72.0 Å². The molecule has 0 aliphatic rings.